The normalized spacial score (nSPS) is 14.0. The number of carbonyl (C=O) groups is 2. The summed E-state index contributed by atoms with van der Waals surface area (Å²) in [5, 5.41) is 0.688. The highest BCUT2D eigenvalue weighted by atomic mass is 35.5. The van der Waals surface area contributed by atoms with Crippen LogP contribution in [0.4, 0.5) is 5.69 Å². The molecule has 2 aromatic carbocycles. The SMILES string of the molecule is COC(=O)C1=C(C(=O)OC)N(c2ccccc2SCc2ccc(Cl)cc2)COC1. The lowest BCUT2D eigenvalue weighted by Gasteiger charge is -2.32. The minimum Gasteiger partial charge on any atom is -0.466 e. The summed E-state index contributed by atoms with van der Waals surface area (Å²) < 4.78 is 15.3. The van der Waals surface area contributed by atoms with Gasteiger partial charge in [0.15, 0.2) is 0 Å². The average Bonchev–Trinajstić information content (AvgIpc) is 2.77. The number of carbonyl (C=O) groups excluding carboxylic acids is 2. The Labute approximate surface area is 178 Å². The van der Waals surface area contributed by atoms with Crippen molar-refractivity contribution in [2.24, 2.45) is 0 Å². The number of hydrogen-bond acceptors (Lipinski definition) is 7. The van der Waals surface area contributed by atoms with Crippen LogP contribution in [0.15, 0.2) is 64.7 Å². The lowest BCUT2D eigenvalue weighted by atomic mass is 10.1. The molecular weight excluding hydrogens is 414 g/mol. The van der Waals surface area contributed by atoms with Gasteiger partial charge in [-0.3, -0.25) is 0 Å². The first-order chi connectivity index (χ1) is 14.0. The van der Waals surface area contributed by atoms with Crippen LogP contribution in [-0.2, 0) is 29.6 Å². The first-order valence-electron chi connectivity index (χ1n) is 8.76. The van der Waals surface area contributed by atoms with Gasteiger partial charge in [0.25, 0.3) is 0 Å². The Morgan fingerprint density at radius 2 is 1.76 bits per heavy atom. The molecule has 0 saturated heterocycles. The van der Waals surface area contributed by atoms with Crippen LogP contribution in [0.25, 0.3) is 0 Å². The Bertz CT molecular complexity index is 929. The summed E-state index contributed by atoms with van der Waals surface area (Å²) >= 11 is 7.56. The van der Waals surface area contributed by atoms with Crippen LogP contribution in [0, 0.1) is 0 Å². The number of nitrogens with zero attached hydrogens (tertiary/aromatic N) is 1. The summed E-state index contributed by atoms with van der Waals surface area (Å²) in [4.78, 5) is 27.3. The smallest absolute Gasteiger partial charge is 0.355 e. The third kappa shape index (κ3) is 4.93. The molecule has 0 N–H and O–H groups in total. The molecule has 0 bridgehead atoms. The average molecular weight is 434 g/mol. The van der Waals surface area contributed by atoms with Crippen LogP contribution >= 0.6 is 23.4 Å². The molecule has 152 valence electrons. The molecule has 0 fully saturated rings. The Balaban J connectivity index is 1.95. The summed E-state index contributed by atoms with van der Waals surface area (Å²) in [5.74, 6) is -0.531. The van der Waals surface area contributed by atoms with Gasteiger partial charge in [-0.1, -0.05) is 35.9 Å². The van der Waals surface area contributed by atoms with E-state index in [1.165, 1.54) is 14.2 Å². The second-order valence-electron chi connectivity index (χ2n) is 6.10. The van der Waals surface area contributed by atoms with E-state index in [0.29, 0.717) is 10.8 Å². The summed E-state index contributed by atoms with van der Waals surface area (Å²) in [6, 6.07) is 15.2. The van der Waals surface area contributed by atoms with E-state index >= 15 is 0 Å². The number of ether oxygens (including phenoxy) is 3. The Hall–Kier alpha value is -2.48. The highest BCUT2D eigenvalue weighted by Gasteiger charge is 2.33. The van der Waals surface area contributed by atoms with Crippen molar-refractivity contribution in [3.05, 3.63) is 70.4 Å². The molecule has 0 aliphatic carbocycles. The van der Waals surface area contributed by atoms with Gasteiger partial charge in [0.2, 0.25) is 0 Å². The Morgan fingerprint density at radius 1 is 1.07 bits per heavy atom. The maximum atomic E-state index is 12.5. The molecule has 1 aliphatic rings. The van der Waals surface area contributed by atoms with Gasteiger partial charge in [-0.05, 0) is 29.8 Å². The first kappa shape index (κ1) is 21.2. The van der Waals surface area contributed by atoms with Gasteiger partial charge in [0.1, 0.15) is 12.4 Å². The highest BCUT2D eigenvalue weighted by Crippen LogP contribution is 2.36. The molecule has 8 heteroatoms. The molecule has 0 aromatic heterocycles. The number of para-hydroxylation sites is 1. The molecule has 0 spiro atoms. The predicted molar refractivity (Wildman–Crippen MR) is 112 cm³/mol. The van der Waals surface area contributed by atoms with Gasteiger partial charge < -0.3 is 19.1 Å². The molecule has 0 amide bonds. The van der Waals surface area contributed by atoms with Crippen molar-refractivity contribution in [2.45, 2.75) is 10.6 Å². The zero-order valence-electron chi connectivity index (χ0n) is 16.0. The van der Waals surface area contributed by atoms with Gasteiger partial charge in [-0.25, -0.2) is 9.59 Å². The number of rotatable bonds is 6. The number of methoxy groups -OCH3 is 2. The number of esters is 2. The number of thioether (sulfide) groups is 1. The fourth-order valence-corrected chi connectivity index (χ4v) is 4.02. The van der Waals surface area contributed by atoms with Crippen molar-refractivity contribution in [1.29, 1.82) is 0 Å². The molecule has 1 heterocycles. The number of anilines is 1. The van der Waals surface area contributed by atoms with E-state index < -0.39 is 11.9 Å². The van der Waals surface area contributed by atoms with E-state index in [1.807, 2.05) is 48.5 Å². The second kappa shape index (κ2) is 9.82. The largest absolute Gasteiger partial charge is 0.466 e. The standard InChI is InChI=1S/C21H20ClNO5S/c1-26-20(24)16-11-28-13-23(19(16)21(25)27-2)17-5-3-4-6-18(17)29-12-14-7-9-15(22)10-8-14/h3-10H,11-13H2,1-2H3. The monoisotopic (exact) mass is 433 g/mol. The molecule has 0 saturated carbocycles. The molecule has 6 nitrogen and oxygen atoms in total. The van der Waals surface area contributed by atoms with Gasteiger partial charge >= 0.3 is 11.9 Å². The maximum Gasteiger partial charge on any atom is 0.355 e. The molecule has 0 atom stereocenters. The van der Waals surface area contributed by atoms with E-state index in [0.717, 1.165) is 16.1 Å². The topological polar surface area (TPSA) is 65.1 Å². The predicted octanol–water partition coefficient (Wildman–Crippen LogP) is 4.03. The summed E-state index contributed by atoms with van der Waals surface area (Å²) in [7, 11) is 2.54. The minimum absolute atomic E-state index is 0.0201. The van der Waals surface area contributed by atoms with Crippen LogP contribution < -0.4 is 4.90 Å². The highest BCUT2D eigenvalue weighted by molar-refractivity contribution is 7.98. The van der Waals surface area contributed by atoms with Crippen molar-refractivity contribution in [1.82, 2.24) is 0 Å². The van der Waals surface area contributed by atoms with Crippen LogP contribution in [-0.4, -0.2) is 39.5 Å². The van der Waals surface area contributed by atoms with Gasteiger partial charge in [-0.15, -0.1) is 11.8 Å². The second-order valence-corrected chi connectivity index (χ2v) is 7.55. The van der Waals surface area contributed by atoms with Crippen molar-refractivity contribution in [2.75, 3.05) is 32.5 Å². The third-order valence-corrected chi connectivity index (χ3v) is 5.68. The summed E-state index contributed by atoms with van der Waals surface area (Å²) in [6.07, 6.45) is 0. The summed E-state index contributed by atoms with van der Waals surface area (Å²) in [5.41, 5.74) is 2.12. The molecule has 0 unspecified atom stereocenters. The molecule has 3 rings (SSSR count). The summed E-state index contributed by atoms with van der Waals surface area (Å²) in [6.45, 7) is 0.0944. The molecule has 1 aliphatic heterocycles. The molecule has 2 aromatic rings. The van der Waals surface area contributed by atoms with Crippen molar-refractivity contribution >= 4 is 41.0 Å². The molecule has 29 heavy (non-hydrogen) atoms. The van der Waals surface area contributed by atoms with Crippen molar-refractivity contribution in [3.8, 4) is 0 Å². The zero-order valence-corrected chi connectivity index (χ0v) is 17.6. The van der Waals surface area contributed by atoms with Crippen LogP contribution in [0.5, 0.6) is 0 Å². The Morgan fingerprint density at radius 3 is 2.45 bits per heavy atom. The fraction of sp³-hybridized carbons (Fsp3) is 0.238. The van der Waals surface area contributed by atoms with E-state index in [2.05, 4.69) is 0 Å². The maximum absolute atomic E-state index is 12.5. The number of benzene rings is 2. The van der Waals surface area contributed by atoms with Gasteiger partial charge in [0.05, 0.1) is 32.1 Å². The van der Waals surface area contributed by atoms with E-state index in [-0.39, 0.29) is 24.6 Å². The van der Waals surface area contributed by atoms with E-state index in [9.17, 15) is 9.59 Å². The van der Waals surface area contributed by atoms with E-state index in [1.54, 1.807) is 16.7 Å². The lowest BCUT2D eigenvalue weighted by Crippen LogP contribution is -2.39. The van der Waals surface area contributed by atoms with Gasteiger partial charge in [0, 0.05) is 15.7 Å². The van der Waals surface area contributed by atoms with Gasteiger partial charge in [-0.2, -0.15) is 0 Å². The van der Waals surface area contributed by atoms with Crippen molar-refractivity contribution < 1.29 is 23.8 Å². The fourth-order valence-electron chi connectivity index (χ4n) is 2.88. The first-order valence-corrected chi connectivity index (χ1v) is 10.1. The molecular formula is C21H20ClNO5S. The number of hydrogen-bond donors (Lipinski definition) is 0. The van der Waals surface area contributed by atoms with Crippen LogP contribution in [0.3, 0.4) is 0 Å². The Kier molecular flexibility index (Phi) is 7.19. The van der Waals surface area contributed by atoms with Crippen LogP contribution in [0.1, 0.15) is 5.56 Å². The van der Waals surface area contributed by atoms with Crippen LogP contribution in [0.2, 0.25) is 5.02 Å². The van der Waals surface area contributed by atoms with Crippen molar-refractivity contribution in [3.63, 3.8) is 0 Å². The third-order valence-electron chi connectivity index (χ3n) is 4.30. The quantitative estimate of drug-likeness (QED) is 0.503. The number of halogens is 1. The minimum atomic E-state index is -0.624. The molecule has 0 radical (unpaired) electrons. The zero-order chi connectivity index (χ0) is 20.8. The van der Waals surface area contributed by atoms with E-state index in [4.69, 9.17) is 25.8 Å². The lowest BCUT2D eigenvalue weighted by molar-refractivity contribution is -0.140.